The second kappa shape index (κ2) is 8.16. The van der Waals surface area contributed by atoms with Crippen molar-refractivity contribution < 1.29 is 14.3 Å². The molecule has 0 amide bonds. The largest absolute Gasteiger partial charge is 0.507 e. The molecule has 0 bridgehead atoms. The van der Waals surface area contributed by atoms with E-state index in [1.807, 2.05) is 24.5 Å². The van der Waals surface area contributed by atoms with E-state index >= 15 is 0 Å². The fourth-order valence-corrected chi connectivity index (χ4v) is 4.03. The van der Waals surface area contributed by atoms with Crippen LogP contribution < -0.4 is 0 Å². The normalized spacial score (nSPS) is 11.0. The van der Waals surface area contributed by atoms with E-state index < -0.39 is 0 Å². The van der Waals surface area contributed by atoms with Crippen LogP contribution in [-0.4, -0.2) is 36.4 Å². The molecule has 6 nitrogen and oxygen atoms in total. The number of benzene rings is 2. The Labute approximate surface area is 176 Å². The van der Waals surface area contributed by atoms with Crippen molar-refractivity contribution in [2.45, 2.75) is 19.0 Å². The molecule has 0 spiro atoms. The lowest BCUT2D eigenvalue weighted by Gasteiger charge is -2.09. The third-order valence-electron chi connectivity index (χ3n) is 4.77. The van der Waals surface area contributed by atoms with Gasteiger partial charge in [0.15, 0.2) is 11.6 Å². The van der Waals surface area contributed by atoms with Crippen LogP contribution >= 0.6 is 11.8 Å². The SMILES string of the molecule is Cc1cc(C(=O)CSc2n[nH]c(-c3ccccc3O)n2)c(C)n1-c1ccc(F)cc1. The van der Waals surface area contributed by atoms with Gasteiger partial charge in [-0.3, -0.25) is 9.89 Å². The quantitative estimate of drug-likeness (QED) is 0.348. The van der Waals surface area contributed by atoms with Gasteiger partial charge in [-0.15, -0.1) is 5.10 Å². The van der Waals surface area contributed by atoms with Gasteiger partial charge < -0.3 is 9.67 Å². The van der Waals surface area contributed by atoms with Crippen molar-refractivity contribution in [2.75, 3.05) is 5.75 Å². The maximum absolute atomic E-state index is 13.2. The first kappa shape index (κ1) is 19.9. The highest BCUT2D eigenvalue weighted by atomic mass is 32.2. The average molecular weight is 422 g/mol. The average Bonchev–Trinajstić information content (AvgIpc) is 3.32. The number of ketones is 1. The minimum absolute atomic E-state index is 0.0460. The van der Waals surface area contributed by atoms with E-state index in [2.05, 4.69) is 15.2 Å². The van der Waals surface area contributed by atoms with Gasteiger partial charge in [-0.25, -0.2) is 9.37 Å². The van der Waals surface area contributed by atoms with Crippen LogP contribution in [0.1, 0.15) is 21.7 Å². The fourth-order valence-electron chi connectivity index (χ4n) is 3.35. The van der Waals surface area contributed by atoms with Crippen molar-refractivity contribution in [1.29, 1.82) is 0 Å². The van der Waals surface area contributed by atoms with Crippen LogP contribution in [0.2, 0.25) is 0 Å². The minimum atomic E-state index is -0.302. The van der Waals surface area contributed by atoms with E-state index in [1.165, 1.54) is 23.9 Å². The smallest absolute Gasteiger partial charge is 0.209 e. The molecule has 0 unspecified atom stereocenters. The third kappa shape index (κ3) is 3.86. The number of carbonyl (C=O) groups is 1. The Morgan fingerprint density at radius 1 is 1.17 bits per heavy atom. The van der Waals surface area contributed by atoms with Crippen LogP contribution in [0.5, 0.6) is 5.75 Å². The monoisotopic (exact) mass is 422 g/mol. The van der Waals surface area contributed by atoms with E-state index in [1.54, 1.807) is 36.4 Å². The number of phenolic OH excluding ortho intramolecular Hbond substituents is 1. The van der Waals surface area contributed by atoms with E-state index in [9.17, 15) is 14.3 Å². The van der Waals surface area contributed by atoms with Gasteiger partial charge in [0.25, 0.3) is 0 Å². The molecular weight excluding hydrogens is 403 g/mol. The predicted molar refractivity (Wildman–Crippen MR) is 114 cm³/mol. The highest BCUT2D eigenvalue weighted by molar-refractivity contribution is 7.99. The number of H-pyrrole nitrogens is 1. The van der Waals surface area contributed by atoms with Gasteiger partial charge in [-0.1, -0.05) is 23.9 Å². The summed E-state index contributed by atoms with van der Waals surface area (Å²) in [6.45, 7) is 3.78. The third-order valence-corrected chi connectivity index (χ3v) is 5.62. The van der Waals surface area contributed by atoms with Crippen molar-refractivity contribution >= 4 is 17.5 Å². The zero-order valence-corrected chi connectivity index (χ0v) is 17.2. The van der Waals surface area contributed by atoms with Gasteiger partial charge in [-0.2, -0.15) is 0 Å². The molecule has 152 valence electrons. The molecule has 0 fully saturated rings. The van der Waals surface area contributed by atoms with E-state index in [4.69, 9.17) is 0 Å². The molecular formula is C22H19FN4O2S. The molecule has 2 aromatic carbocycles. The van der Waals surface area contributed by atoms with Crippen molar-refractivity contribution in [3.05, 3.63) is 77.4 Å². The molecule has 0 saturated heterocycles. The first-order chi connectivity index (χ1) is 14.4. The second-order valence-electron chi connectivity index (χ2n) is 6.79. The second-order valence-corrected chi connectivity index (χ2v) is 7.73. The molecule has 0 saturated carbocycles. The Bertz CT molecular complexity index is 1210. The summed E-state index contributed by atoms with van der Waals surface area (Å²) >= 11 is 1.22. The van der Waals surface area contributed by atoms with Crippen molar-refractivity contribution in [2.24, 2.45) is 0 Å². The Hall–Kier alpha value is -3.39. The number of nitrogens with one attached hydrogen (secondary N) is 1. The summed E-state index contributed by atoms with van der Waals surface area (Å²) in [5.74, 6) is 0.372. The molecule has 0 aliphatic carbocycles. The molecule has 0 aliphatic rings. The standard InChI is InChI=1S/C22H19FN4O2S/c1-13-11-18(14(2)27(13)16-9-7-15(23)8-10-16)20(29)12-30-22-24-21(25-26-22)17-5-3-4-6-19(17)28/h3-11,28H,12H2,1-2H3,(H,24,25,26). The number of carbonyl (C=O) groups excluding carboxylic acids is 1. The van der Waals surface area contributed by atoms with E-state index in [0.29, 0.717) is 22.1 Å². The van der Waals surface area contributed by atoms with E-state index in [0.717, 1.165) is 17.1 Å². The molecule has 0 atom stereocenters. The number of aromatic amines is 1. The summed E-state index contributed by atoms with van der Waals surface area (Å²) in [6.07, 6.45) is 0. The number of para-hydroxylation sites is 1. The molecule has 30 heavy (non-hydrogen) atoms. The molecule has 2 heterocycles. The van der Waals surface area contributed by atoms with Gasteiger partial charge in [0.1, 0.15) is 11.6 Å². The molecule has 4 aromatic rings. The number of hydrogen-bond acceptors (Lipinski definition) is 5. The summed E-state index contributed by atoms with van der Waals surface area (Å²) in [7, 11) is 0. The molecule has 0 radical (unpaired) electrons. The van der Waals surface area contributed by atoms with Crippen LogP contribution in [-0.2, 0) is 0 Å². The molecule has 0 aliphatic heterocycles. The maximum atomic E-state index is 13.2. The zero-order valence-electron chi connectivity index (χ0n) is 16.4. The van der Waals surface area contributed by atoms with Crippen molar-refractivity contribution in [1.82, 2.24) is 19.7 Å². The molecule has 4 rings (SSSR count). The van der Waals surface area contributed by atoms with E-state index in [-0.39, 0.29) is 23.1 Å². The molecule has 8 heteroatoms. The van der Waals surface area contributed by atoms with Gasteiger partial charge >= 0.3 is 0 Å². The lowest BCUT2D eigenvalue weighted by Crippen LogP contribution is -2.05. The van der Waals surface area contributed by atoms with Gasteiger partial charge in [-0.05, 0) is 56.3 Å². The number of hydrogen-bond donors (Lipinski definition) is 2. The highest BCUT2D eigenvalue weighted by Crippen LogP contribution is 2.28. The van der Waals surface area contributed by atoms with Crippen LogP contribution in [0.4, 0.5) is 4.39 Å². The first-order valence-corrected chi connectivity index (χ1v) is 10.2. The number of thioether (sulfide) groups is 1. The lowest BCUT2D eigenvalue weighted by molar-refractivity contribution is 0.102. The summed E-state index contributed by atoms with van der Waals surface area (Å²) in [5, 5.41) is 17.3. The highest BCUT2D eigenvalue weighted by Gasteiger charge is 2.18. The summed E-state index contributed by atoms with van der Waals surface area (Å²) < 4.78 is 15.2. The minimum Gasteiger partial charge on any atom is -0.507 e. The number of aryl methyl sites for hydroxylation is 1. The number of nitrogens with zero attached hydrogens (tertiary/aromatic N) is 3. The Kier molecular flexibility index (Phi) is 5.41. The summed E-state index contributed by atoms with van der Waals surface area (Å²) in [6, 6.07) is 14.8. The number of halogens is 1. The first-order valence-electron chi connectivity index (χ1n) is 9.25. The number of rotatable bonds is 6. The van der Waals surface area contributed by atoms with Gasteiger partial charge in [0, 0.05) is 22.6 Å². The zero-order chi connectivity index (χ0) is 21.3. The van der Waals surface area contributed by atoms with Crippen molar-refractivity contribution in [3.63, 3.8) is 0 Å². The van der Waals surface area contributed by atoms with Gasteiger partial charge in [0.2, 0.25) is 5.16 Å². The number of aromatic nitrogens is 4. The van der Waals surface area contributed by atoms with Crippen LogP contribution in [0, 0.1) is 19.7 Å². The van der Waals surface area contributed by atoms with Gasteiger partial charge in [0.05, 0.1) is 11.3 Å². The maximum Gasteiger partial charge on any atom is 0.209 e. The van der Waals surface area contributed by atoms with Crippen LogP contribution in [0.15, 0.2) is 59.8 Å². The lowest BCUT2D eigenvalue weighted by atomic mass is 10.2. The van der Waals surface area contributed by atoms with Crippen molar-refractivity contribution in [3.8, 4) is 22.8 Å². The Morgan fingerprint density at radius 2 is 1.90 bits per heavy atom. The fraction of sp³-hybridized carbons (Fsp3) is 0.136. The van der Waals surface area contributed by atoms with Crippen LogP contribution in [0.25, 0.3) is 17.1 Å². The number of Topliss-reactive ketones (excluding diaryl/α,β-unsaturated/α-hetero) is 1. The molecule has 2 N–H and O–H groups in total. The van der Waals surface area contributed by atoms with Crippen LogP contribution in [0.3, 0.4) is 0 Å². The number of phenols is 1. The topological polar surface area (TPSA) is 83.8 Å². The number of aromatic hydroxyl groups is 1. The Morgan fingerprint density at radius 3 is 2.63 bits per heavy atom. The summed E-state index contributed by atoms with van der Waals surface area (Å²) in [4.78, 5) is 17.2. The molecule has 2 aromatic heterocycles. The predicted octanol–water partition coefficient (Wildman–Crippen LogP) is 4.70. The summed E-state index contributed by atoms with van der Waals surface area (Å²) in [5.41, 5.74) is 3.66. The Balaban J connectivity index is 1.50.